The molecular formula is C10H16BrN3O2. The molecule has 0 amide bonds. The second-order valence-electron chi connectivity index (χ2n) is 4.16. The third-order valence-electron chi connectivity index (χ3n) is 2.00. The van der Waals surface area contributed by atoms with E-state index in [0.29, 0.717) is 23.2 Å². The Balaban J connectivity index is 2.91. The zero-order valence-corrected chi connectivity index (χ0v) is 11.2. The lowest BCUT2D eigenvalue weighted by molar-refractivity contribution is 0.0945. The predicted octanol–water partition coefficient (Wildman–Crippen LogP) is 1.21. The Hall–Kier alpha value is -0.880. The maximum absolute atomic E-state index is 11.7. The van der Waals surface area contributed by atoms with Crippen LogP contribution in [0.25, 0.3) is 0 Å². The molecule has 0 bridgehead atoms. The molecule has 6 heteroatoms. The Morgan fingerprint density at radius 2 is 2.25 bits per heavy atom. The normalized spacial score (nSPS) is 11.6. The molecule has 1 aromatic heterocycles. The molecule has 16 heavy (non-hydrogen) atoms. The minimum Gasteiger partial charge on any atom is -0.389 e. The van der Waals surface area contributed by atoms with Gasteiger partial charge in [-0.15, -0.1) is 0 Å². The Bertz CT molecular complexity index is 423. The monoisotopic (exact) mass is 289 g/mol. The number of hydrogen-bond acceptors (Lipinski definition) is 4. The van der Waals surface area contributed by atoms with E-state index in [-0.39, 0.29) is 5.56 Å². The highest BCUT2D eigenvalue weighted by Crippen LogP contribution is 2.17. The maximum atomic E-state index is 11.7. The van der Waals surface area contributed by atoms with Crippen LogP contribution in [-0.2, 0) is 6.54 Å². The zero-order valence-electron chi connectivity index (χ0n) is 9.62. The molecular weight excluding hydrogens is 274 g/mol. The van der Waals surface area contributed by atoms with Gasteiger partial charge in [0, 0.05) is 13.1 Å². The molecule has 0 fully saturated rings. The highest BCUT2D eigenvalue weighted by atomic mass is 79.9. The molecule has 1 rings (SSSR count). The Morgan fingerprint density at radius 3 is 2.75 bits per heavy atom. The van der Waals surface area contributed by atoms with Crippen molar-refractivity contribution in [1.29, 1.82) is 0 Å². The lowest BCUT2D eigenvalue weighted by Gasteiger charge is -2.19. The van der Waals surface area contributed by atoms with Crippen LogP contribution >= 0.6 is 15.9 Å². The number of aryl methyl sites for hydroxylation is 1. The molecule has 0 saturated carbocycles. The first-order valence-corrected chi connectivity index (χ1v) is 5.86. The SMILES string of the molecule is CCn1ncc(NCC(C)(C)O)c(Br)c1=O. The molecule has 0 atom stereocenters. The number of anilines is 1. The van der Waals surface area contributed by atoms with Crippen molar-refractivity contribution in [3.05, 3.63) is 21.0 Å². The van der Waals surface area contributed by atoms with E-state index in [9.17, 15) is 9.90 Å². The first-order chi connectivity index (χ1) is 7.35. The van der Waals surface area contributed by atoms with Crippen LogP contribution in [0.3, 0.4) is 0 Å². The molecule has 1 aromatic rings. The van der Waals surface area contributed by atoms with Crippen molar-refractivity contribution < 1.29 is 5.11 Å². The van der Waals surface area contributed by atoms with Crippen LogP contribution in [0.15, 0.2) is 15.5 Å². The van der Waals surface area contributed by atoms with Gasteiger partial charge in [-0.2, -0.15) is 5.10 Å². The molecule has 0 aliphatic heterocycles. The smallest absolute Gasteiger partial charge is 0.283 e. The summed E-state index contributed by atoms with van der Waals surface area (Å²) in [5.74, 6) is 0. The van der Waals surface area contributed by atoms with E-state index < -0.39 is 5.60 Å². The van der Waals surface area contributed by atoms with Crippen LogP contribution in [0.5, 0.6) is 0 Å². The van der Waals surface area contributed by atoms with Crippen LogP contribution < -0.4 is 10.9 Å². The number of aliphatic hydroxyl groups is 1. The number of nitrogens with one attached hydrogen (secondary N) is 1. The van der Waals surface area contributed by atoms with E-state index in [0.717, 1.165) is 0 Å². The number of nitrogens with zero attached hydrogens (tertiary/aromatic N) is 2. The van der Waals surface area contributed by atoms with Gasteiger partial charge in [0.1, 0.15) is 4.47 Å². The van der Waals surface area contributed by atoms with Crippen LogP contribution in [0.4, 0.5) is 5.69 Å². The summed E-state index contributed by atoms with van der Waals surface area (Å²) >= 11 is 3.22. The molecule has 0 aromatic carbocycles. The minimum absolute atomic E-state index is 0.178. The van der Waals surface area contributed by atoms with E-state index >= 15 is 0 Å². The van der Waals surface area contributed by atoms with Crippen LogP contribution in [-0.4, -0.2) is 27.0 Å². The minimum atomic E-state index is -0.834. The first-order valence-electron chi connectivity index (χ1n) is 5.07. The molecule has 90 valence electrons. The van der Waals surface area contributed by atoms with Gasteiger partial charge in [0.2, 0.25) is 0 Å². The summed E-state index contributed by atoms with van der Waals surface area (Å²) in [5.41, 5.74) is -0.418. The summed E-state index contributed by atoms with van der Waals surface area (Å²) in [6.07, 6.45) is 1.57. The number of aromatic nitrogens is 2. The summed E-state index contributed by atoms with van der Waals surface area (Å²) in [6.45, 7) is 6.11. The fourth-order valence-corrected chi connectivity index (χ4v) is 1.57. The predicted molar refractivity (Wildman–Crippen MR) is 66.7 cm³/mol. The van der Waals surface area contributed by atoms with Gasteiger partial charge in [0.15, 0.2) is 0 Å². The quantitative estimate of drug-likeness (QED) is 0.874. The lowest BCUT2D eigenvalue weighted by atomic mass is 10.1. The molecule has 0 aliphatic rings. The van der Waals surface area contributed by atoms with Gasteiger partial charge in [0.05, 0.1) is 17.5 Å². The average molecular weight is 290 g/mol. The van der Waals surface area contributed by atoms with Gasteiger partial charge in [-0.05, 0) is 36.7 Å². The van der Waals surface area contributed by atoms with Crippen molar-refractivity contribution in [2.45, 2.75) is 32.9 Å². The van der Waals surface area contributed by atoms with Gasteiger partial charge in [-0.3, -0.25) is 4.79 Å². The van der Waals surface area contributed by atoms with Gasteiger partial charge >= 0.3 is 0 Å². The molecule has 0 aliphatic carbocycles. The highest BCUT2D eigenvalue weighted by molar-refractivity contribution is 9.10. The van der Waals surface area contributed by atoms with Gasteiger partial charge in [0.25, 0.3) is 5.56 Å². The van der Waals surface area contributed by atoms with Crippen molar-refractivity contribution in [2.24, 2.45) is 0 Å². The van der Waals surface area contributed by atoms with E-state index in [1.165, 1.54) is 4.68 Å². The largest absolute Gasteiger partial charge is 0.389 e. The second-order valence-corrected chi connectivity index (χ2v) is 4.95. The topological polar surface area (TPSA) is 67.2 Å². The zero-order chi connectivity index (χ0) is 12.3. The third-order valence-corrected chi connectivity index (χ3v) is 2.76. The van der Waals surface area contributed by atoms with Crippen molar-refractivity contribution in [2.75, 3.05) is 11.9 Å². The fourth-order valence-electron chi connectivity index (χ4n) is 1.13. The molecule has 5 nitrogen and oxygen atoms in total. The Morgan fingerprint density at radius 1 is 1.62 bits per heavy atom. The number of hydrogen-bond donors (Lipinski definition) is 2. The fraction of sp³-hybridized carbons (Fsp3) is 0.600. The molecule has 1 heterocycles. The van der Waals surface area contributed by atoms with Crippen molar-refractivity contribution in [1.82, 2.24) is 9.78 Å². The molecule has 0 unspecified atom stereocenters. The van der Waals surface area contributed by atoms with Crippen LogP contribution in [0.1, 0.15) is 20.8 Å². The van der Waals surface area contributed by atoms with E-state index in [1.807, 2.05) is 6.92 Å². The summed E-state index contributed by atoms with van der Waals surface area (Å²) in [7, 11) is 0. The standard InChI is InChI=1S/C10H16BrN3O2/c1-4-14-9(15)8(11)7(5-13-14)12-6-10(2,3)16/h5,12,16H,4,6H2,1-3H3. The molecule has 2 N–H and O–H groups in total. The lowest BCUT2D eigenvalue weighted by Crippen LogP contribution is -2.31. The van der Waals surface area contributed by atoms with Gasteiger partial charge in [-0.1, -0.05) is 0 Å². The molecule has 0 spiro atoms. The number of rotatable bonds is 4. The molecule has 0 radical (unpaired) electrons. The highest BCUT2D eigenvalue weighted by Gasteiger charge is 2.14. The van der Waals surface area contributed by atoms with E-state index in [1.54, 1.807) is 20.0 Å². The Kier molecular flexibility index (Phi) is 4.09. The Labute approximate surface area is 103 Å². The summed E-state index contributed by atoms with van der Waals surface area (Å²) in [6, 6.07) is 0. The molecule has 0 saturated heterocycles. The maximum Gasteiger partial charge on any atom is 0.283 e. The second kappa shape index (κ2) is 4.97. The van der Waals surface area contributed by atoms with Crippen molar-refractivity contribution in [3.63, 3.8) is 0 Å². The first kappa shape index (κ1) is 13.2. The number of halogens is 1. The summed E-state index contributed by atoms with van der Waals surface area (Å²) in [5, 5.41) is 16.5. The average Bonchev–Trinajstić information content (AvgIpc) is 2.19. The van der Waals surface area contributed by atoms with Crippen LogP contribution in [0.2, 0.25) is 0 Å². The van der Waals surface area contributed by atoms with Crippen molar-refractivity contribution in [3.8, 4) is 0 Å². The van der Waals surface area contributed by atoms with Gasteiger partial charge in [-0.25, -0.2) is 4.68 Å². The third kappa shape index (κ3) is 3.31. The van der Waals surface area contributed by atoms with Crippen LogP contribution in [0, 0.1) is 0 Å². The summed E-state index contributed by atoms with van der Waals surface area (Å²) < 4.78 is 1.80. The van der Waals surface area contributed by atoms with Crippen molar-refractivity contribution >= 4 is 21.6 Å². The van der Waals surface area contributed by atoms with E-state index in [4.69, 9.17) is 0 Å². The van der Waals surface area contributed by atoms with Gasteiger partial charge < -0.3 is 10.4 Å². The van der Waals surface area contributed by atoms with E-state index in [2.05, 4.69) is 26.3 Å². The summed E-state index contributed by atoms with van der Waals surface area (Å²) in [4.78, 5) is 11.7.